The average Bonchev–Trinajstić information content (AvgIpc) is 2.88. The number of aromatic nitrogens is 2. The summed E-state index contributed by atoms with van der Waals surface area (Å²) in [5, 5.41) is 11.4. The highest BCUT2D eigenvalue weighted by atomic mass is 19.1. The molecule has 0 aliphatic carbocycles. The fraction of sp³-hybridized carbons (Fsp3) is 0.154. The quantitative estimate of drug-likeness (QED) is 0.825. The Morgan fingerprint density at radius 2 is 2.35 bits per heavy atom. The summed E-state index contributed by atoms with van der Waals surface area (Å²) in [6.45, 7) is 0.339. The zero-order valence-electron chi connectivity index (χ0n) is 10.5. The number of rotatable bonds is 4. The molecule has 6 nitrogen and oxygen atoms in total. The topological polar surface area (TPSA) is 96.7 Å². The van der Waals surface area contributed by atoms with Crippen LogP contribution in [0.3, 0.4) is 0 Å². The predicted molar refractivity (Wildman–Crippen MR) is 71.0 cm³/mol. The number of imidazole rings is 1. The van der Waals surface area contributed by atoms with Gasteiger partial charge in [0.1, 0.15) is 11.9 Å². The number of amides is 1. The van der Waals surface area contributed by atoms with Gasteiger partial charge in [0.05, 0.1) is 5.69 Å². The minimum atomic E-state index is -0.528. The van der Waals surface area contributed by atoms with Crippen LogP contribution in [0.5, 0.6) is 0 Å². The monoisotopic (exact) mass is 273 g/mol. The molecule has 2 rings (SSSR count). The van der Waals surface area contributed by atoms with Crippen LogP contribution in [-0.4, -0.2) is 15.5 Å². The second-order valence-electron chi connectivity index (χ2n) is 4.09. The van der Waals surface area contributed by atoms with E-state index in [1.165, 1.54) is 24.4 Å². The number of nitrogens with two attached hydrogens (primary N) is 1. The second-order valence-corrected chi connectivity index (χ2v) is 4.09. The van der Waals surface area contributed by atoms with Gasteiger partial charge in [0.25, 0.3) is 0 Å². The fourth-order valence-electron chi connectivity index (χ4n) is 1.67. The first kappa shape index (κ1) is 13.5. The number of nitriles is 1. The summed E-state index contributed by atoms with van der Waals surface area (Å²) < 4.78 is 14.6. The summed E-state index contributed by atoms with van der Waals surface area (Å²) in [7, 11) is 0. The predicted octanol–water partition coefficient (Wildman–Crippen LogP) is 1.50. The van der Waals surface area contributed by atoms with Crippen molar-refractivity contribution in [1.29, 1.82) is 5.26 Å². The Balaban J connectivity index is 1.93. The molecular formula is C13H12FN5O. The van der Waals surface area contributed by atoms with E-state index in [2.05, 4.69) is 10.3 Å². The van der Waals surface area contributed by atoms with Gasteiger partial charge in [-0.15, -0.1) is 0 Å². The van der Waals surface area contributed by atoms with E-state index in [1.807, 2.05) is 6.07 Å². The van der Waals surface area contributed by atoms with Gasteiger partial charge in [-0.3, -0.25) is 4.79 Å². The normalized spacial score (nSPS) is 10.0. The highest BCUT2D eigenvalue weighted by molar-refractivity contribution is 5.91. The van der Waals surface area contributed by atoms with Crippen LogP contribution in [0, 0.1) is 17.1 Å². The van der Waals surface area contributed by atoms with Crippen LogP contribution >= 0.6 is 0 Å². The molecule has 0 atom stereocenters. The van der Waals surface area contributed by atoms with E-state index in [-0.39, 0.29) is 23.8 Å². The Kier molecular flexibility index (Phi) is 3.96. The number of benzene rings is 1. The van der Waals surface area contributed by atoms with Crippen LogP contribution in [0.15, 0.2) is 30.6 Å². The molecule has 0 aliphatic heterocycles. The highest BCUT2D eigenvalue weighted by Gasteiger charge is 2.07. The fourth-order valence-corrected chi connectivity index (χ4v) is 1.67. The molecule has 0 radical (unpaired) electrons. The third-order valence-electron chi connectivity index (χ3n) is 2.68. The van der Waals surface area contributed by atoms with Gasteiger partial charge in [-0.25, -0.2) is 9.37 Å². The molecule has 102 valence electrons. The number of carbonyl (C=O) groups is 1. The molecule has 1 amide bonds. The summed E-state index contributed by atoms with van der Waals surface area (Å²) in [5.74, 6) is -0.530. The van der Waals surface area contributed by atoms with Crippen molar-refractivity contribution in [3.8, 4) is 6.07 Å². The smallest absolute Gasteiger partial charge is 0.226 e. The van der Waals surface area contributed by atoms with Gasteiger partial charge in [0.2, 0.25) is 11.7 Å². The lowest BCUT2D eigenvalue weighted by atomic mass is 10.2. The first-order valence-corrected chi connectivity index (χ1v) is 5.86. The number of hydrogen-bond acceptors (Lipinski definition) is 4. The molecule has 20 heavy (non-hydrogen) atoms. The van der Waals surface area contributed by atoms with Crippen LogP contribution < -0.4 is 11.1 Å². The van der Waals surface area contributed by atoms with Gasteiger partial charge in [-0.1, -0.05) is 0 Å². The van der Waals surface area contributed by atoms with Gasteiger partial charge in [-0.05, 0) is 18.2 Å². The Bertz CT molecular complexity index is 674. The van der Waals surface area contributed by atoms with Crippen molar-refractivity contribution in [1.82, 2.24) is 9.55 Å². The van der Waals surface area contributed by atoms with Crippen LogP contribution in [0.25, 0.3) is 0 Å². The molecule has 1 aromatic carbocycles. The second kappa shape index (κ2) is 5.84. The number of nitrogens with zero attached hydrogens (tertiary/aromatic N) is 3. The zero-order valence-corrected chi connectivity index (χ0v) is 10.5. The summed E-state index contributed by atoms with van der Waals surface area (Å²) in [4.78, 5) is 15.6. The first-order chi connectivity index (χ1) is 9.60. The van der Waals surface area contributed by atoms with Gasteiger partial charge in [0, 0.05) is 31.0 Å². The van der Waals surface area contributed by atoms with Gasteiger partial charge >= 0.3 is 0 Å². The number of aryl methyl sites for hydroxylation is 1. The summed E-state index contributed by atoms with van der Waals surface area (Å²) >= 11 is 0. The molecule has 0 bridgehead atoms. The third kappa shape index (κ3) is 3.11. The number of nitrogen functional groups attached to an aromatic ring is 1. The van der Waals surface area contributed by atoms with Crippen molar-refractivity contribution < 1.29 is 9.18 Å². The molecular weight excluding hydrogens is 261 g/mol. The number of carbonyl (C=O) groups excluding carboxylic acids is 1. The highest BCUT2D eigenvalue weighted by Crippen LogP contribution is 2.16. The first-order valence-electron chi connectivity index (χ1n) is 5.86. The van der Waals surface area contributed by atoms with Crippen molar-refractivity contribution in [3.05, 3.63) is 42.2 Å². The van der Waals surface area contributed by atoms with Gasteiger partial charge < -0.3 is 15.6 Å². The minimum absolute atomic E-state index is 0.0239. The maximum Gasteiger partial charge on any atom is 0.226 e. The summed E-state index contributed by atoms with van der Waals surface area (Å²) in [5.41, 5.74) is 5.82. The average molecular weight is 273 g/mol. The lowest BCUT2D eigenvalue weighted by Crippen LogP contribution is -2.15. The van der Waals surface area contributed by atoms with Gasteiger partial charge in [-0.2, -0.15) is 5.26 Å². The maximum absolute atomic E-state index is 13.0. The lowest BCUT2D eigenvalue weighted by molar-refractivity contribution is -0.116. The SMILES string of the molecule is N#Cc1nccn1CCC(=O)Nc1ccc(F)c(N)c1. The van der Waals surface area contributed by atoms with Crippen molar-refractivity contribution in [2.75, 3.05) is 11.1 Å². The molecule has 0 saturated carbocycles. The molecule has 0 aliphatic rings. The largest absolute Gasteiger partial charge is 0.396 e. The zero-order chi connectivity index (χ0) is 14.5. The molecule has 1 aromatic heterocycles. The maximum atomic E-state index is 13.0. The van der Waals surface area contributed by atoms with E-state index in [0.717, 1.165) is 0 Å². The summed E-state index contributed by atoms with van der Waals surface area (Å²) in [6.07, 6.45) is 3.29. The minimum Gasteiger partial charge on any atom is -0.396 e. The van der Waals surface area contributed by atoms with Crippen LogP contribution in [0.2, 0.25) is 0 Å². The molecule has 0 fully saturated rings. The van der Waals surface area contributed by atoms with E-state index in [1.54, 1.807) is 10.8 Å². The standard InChI is InChI=1S/C13H12FN5O/c14-10-2-1-9(7-11(10)16)18-13(20)3-5-19-6-4-17-12(19)8-15/h1-2,4,6-7H,3,5,16H2,(H,18,20). The van der Waals surface area contributed by atoms with E-state index < -0.39 is 5.82 Å². The molecule has 0 unspecified atom stereocenters. The van der Waals surface area contributed by atoms with Gasteiger partial charge in [0.15, 0.2) is 0 Å². The third-order valence-corrected chi connectivity index (χ3v) is 2.68. The Morgan fingerprint density at radius 1 is 1.55 bits per heavy atom. The molecule has 2 aromatic rings. The number of halogens is 1. The van der Waals surface area contributed by atoms with Crippen LogP contribution in [-0.2, 0) is 11.3 Å². The van der Waals surface area contributed by atoms with E-state index in [4.69, 9.17) is 11.0 Å². The van der Waals surface area contributed by atoms with Crippen LogP contribution in [0.4, 0.5) is 15.8 Å². The van der Waals surface area contributed by atoms with Crippen molar-refractivity contribution in [2.24, 2.45) is 0 Å². The van der Waals surface area contributed by atoms with Crippen molar-refractivity contribution in [3.63, 3.8) is 0 Å². The molecule has 3 N–H and O–H groups in total. The molecule has 1 heterocycles. The molecule has 0 spiro atoms. The summed E-state index contributed by atoms with van der Waals surface area (Å²) in [6, 6.07) is 5.90. The number of anilines is 2. The Morgan fingerprint density at radius 3 is 3.05 bits per heavy atom. The van der Waals surface area contributed by atoms with E-state index >= 15 is 0 Å². The number of hydrogen-bond donors (Lipinski definition) is 2. The molecule has 0 saturated heterocycles. The van der Waals surface area contributed by atoms with Crippen molar-refractivity contribution in [2.45, 2.75) is 13.0 Å². The van der Waals surface area contributed by atoms with E-state index in [0.29, 0.717) is 12.2 Å². The lowest BCUT2D eigenvalue weighted by Gasteiger charge is -2.07. The van der Waals surface area contributed by atoms with Crippen molar-refractivity contribution >= 4 is 17.3 Å². The Labute approximate surface area is 114 Å². The Hall–Kier alpha value is -2.88. The van der Waals surface area contributed by atoms with Crippen LogP contribution in [0.1, 0.15) is 12.2 Å². The number of nitrogens with one attached hydrogen (secondary N) is 1. The van der Waals surface area contributed by atoms with E-state index in [9.17, 15) is 9.18 Å². The molecule has 7 heteroatoms.